The zero-order valence-electron chi connectivity index (χ0n) is 14.9. The molecule has 1 heterocycles. The third kappa shape index (κ3) is 4.06. The lowest BCUT2D eigenvalue weighted by atomic mass is 9.84. The van der Waals surface area contributed by atoms with Gasteiger partial charge in [-0.3, -0.25) is 9.59 Å². The Kier molecular flexibility index (Phi) is 5.91. The highest BCUT2D eigenvalue weighted by Gasteiger charge is 2.47. The number of fused-ring (bicyclic) bond motifs is 1. The first-order valence-electron chi connectivity index (χ1n) is 9.45. The Hall–Kier alpha value is -2.37. The van der Waals surface area contributed by atoms with E-state index in [-0.39, 0.29) is 24.3 Å². The van der Waals surface area contributed by atoms with Gasteiger partial charge in [-0.2, -0.15) is 0 Å². The number of benzene rings is 1. The number of aliphatic carboxylic acids is 1. The van der Waals surface area contributed by atoms with Gasteiger partial charge in [-0.15, -0.1) is 0 Å². The maximum atomic E-state index is 12.7. The molecule has 1 saturated heterocycles. The highest BCUT2D eigenvalue weighted by molar-refractivity contribution is 5.94. The maximum absolute atomic E-state index is 12.7. The molecule has 0 radical (unpaired) electrons. The molecular weight excluding hydrogens is 332 g/mol. The summed E-state index contributed by atoms with van der Waals surface area (Å²) < 4.78 is 0. The van der Waals surface area contributed by atoms with Crippen molar-refractivity contribution < 1.29 is 19.5 Å². The SMILES string of the molecule is O=C(NCCCC(=O)N1C(C(=O)O)CC2CCCCC21)c1ccccc1. The van der Waals surface area contributed by atoms with Crippen molar-refractivity contribution in [3.05, 3.63) is 35.9 Å². The van der Waals surface area contributed by atoms with Crippen LogP contribution < -0.4 is 5.32 Å². The third-order valence-electron chi connectivity index (χ3n) is 5.55. The number of carboxylic acids is 1. The Morgan fingerprint density at radius 1 is 1.12 bits per heavy atom. The molecule has 140 valence electrons. The van der Waals surface area contributed by atoms with E-state index < -0.39 is 12.0 Å². The Labute approximate surface area is 153 Å². The fourth-order valence-electron chi connectivity index (χ4n) is 4.30. The highest BCUT2D eigenvalue weighted by Crippen LogP contribution is 2.40. The smallest absolute Gasteiger partial charge is 0.326 e. The van der Waals surface area contributed by atoms with Crippen LogP contribution in [0.1, 0.15) is 55.3 Å². The van der Waals surface area contributed by atoms with Crippen LogP contribution in [0.2, 0.25) is 0 Å². The summed E-state index contributed by atoms with van der Waals surface area (Å²) in [4.78, 5) is 37.9. The number of carboxylic acid groups (broad SMARTS) is 1. The van der Waals surface area contributed by atoms with Gasteiger partial charge in [0.25, 0.3) is 5.91 Å². The van der Waals surface area contributed by atoms with Gasteiger partial charge in [0.1, 0.15) is 6.04 Å². The predicted molar refractivity (Wildman–Crippen MR) is 96.6 cm³/mol. The summed E-state index contributed by atoms with van der Waals surface area (Å²) in [5, 5.41) is 12.3. The second-order valence-electron chi connectivity index (χ2n) is 7.23. The molecule has 0 bridgehead atoms. The van der Waals surface area contributed by atoms with Gasteiger partial charge < -0.3 is 15.3 Å². The second kappa shape index (κ2) is 8.34. The minimum Gasteiger partial charge on any atom is -0.480 e. The van der Waals surface area contributed by atoms with Gasteiger partial charge in [0.15, 0.2) is 0 Å². The molecule has 0 aromatic heterocycles. The van der Waals surface area contributed by atoms with E-state index in [1.54, 1.807) is 29.2 Å². The summed E-state index contributed by atoms with van der Waals surface area (Å²) in [6.07, 6.45) is 5.47. The standard InChI is InChI=1S/C20H26N2O4/c23-18(11-6-12-21-19(24)14-7-2-1-3-8-14)22-16-10-5-4-9-15(16)13-17(22)20(25)26/h1-3,7-8,15-17H,4-6,9-13H2,(H,21,24)(H,25,26). The summed E-state index contributed by atoms with van der Waals surface area (Å²) in [6.45, 7) is 0.402. The highest BCUT2D eigenvalue weighted by atomic mass is 16.4. The van der Waals surface area contributed by atoms with Crippen LogP contribution in [-0.2, 0) is 9.59 Å². The van der Waals surface area contributed by atoms with Crippen molar-refractivity contribution in [3.63, 3.8) is 0 Å². The average Bonchev–Trinajstić information content (AvgIpc) is 3.05. The summed E-state index contributed by atoms with van der Waals surface area (Å²) in [5.41, 5.74) is 0.592. The molecule has 26 heavy (non-hydrogen) atoms. The van der Waals surface area contributed by atoms with Crippen molar-refractivity contribution in [2.45, 2.75) is 57.0 Å². The zero-order valence-corrected chi connectivity index (χ0v) is 14.9. The summed E-state index contributed by atoms with van der Waals surface area (Å²) in [7, 11) is 0. The van der Waals surface area contributed by atoms with Crippen molar-refractivity contribution in [1.29, 1.82) is 0 Å². The number of nitrogens with zero attached hydrogens (tertiary/aromatic N) is 1. The number of nitrogens with one attached hydrogen (secondary N) is 1. The van der Waals surface area contributed by atoms with E-state index in [0.717, 1.165) is 25.7 Å². The van der Waals surface area contributed by atoms with E-state index in [2.05, 4.69) is 5.32 Å². The molecule has 6 nitrogen and oxygen atoms in total. The fraction of sp³-hybridized carbons (Fsp3) is 0.550. The van der Waals surface area contributed by atoms with Crippen LogP contribution in [0, 0.1) is 5.92 Å². The van der Waals surface area contributed by atoms with E-state index in [0.29, 0.717) is 30.9 Å². The quantitative estimate of drug-likeness (QED) is 0.765. The first-order chi connectivity index (χ1) is 12.6. The van der Waals surface area contributed by atoms with E-state index in [4.69, 9.17) is 0 Å². The predicted octanol–water partition coefficient (Wildman–Crippen LogP) is 2.44. The molecule has 2 aliphatic rings. The maximum Gasteiger partial charge on any atom is 0.326 e. The monoisotopic (exact) mass is 358 g/mol. The van der Waals surface area contributed by atoms with E-state index in [1.165, 1.54) is 0 Å². The van der Waals surface area contributed by atoms with Crippen LogP contribution in [0.4, 0.5) is 0 Å². The number of carbonyl (C=O) groups excluding carboxylic acids is 2. The van der Waals surface area contributed by atoms with Crippen LogP contribution in [0.5, 0.6) is 0 Å². The van der Waals surface area contributed by atoms with Crippen molar-refractivity contribution in [2.75, 3.05) is 6.54 Å². The minimum absolute atomic E-state index is 0.0799. The van der Waals surface area contributed by atoms with Gasteiger partial charge in [0, 0.05) is 24.6 Å². The van der Waals surface area contributed by atoms with Gasteiger partial charge >= 0.3 is 5.97 Å². The number of likely N-dealkylation sites (tertiary alicyclic amines) is 1. The lowest BCUT2D eigenvalue weighted by molar-refractivity contribution is -0.149. The summed E-state index contributed by atoms with van der Waals surface area (Å²) in [5.74, 6) is -0.826. The van der Waals surface area contributed by atoms with Gasteiger partial charge in [0.05, 0.1) is 0 Å². The molecule has 2 fully saturated rings. The van der Waals surface area contributed by atoms with Crippen molar-refractivity contribution in [3.8, 4) is 0 Å². The van der Waals surface area contributed by atoms with E-state index >= 15 is 0 Å². The van der Waals surface area contributed by atoms with Gasteiger partial charge in [-0.05, 0) is 43.7 Å². The number of hydrogen-bond donors (Lipinski definition) is 2. The average molecular weight is 358 g/mol. The molecule has 1 aromatic rings. The number of carbonyl (C=O) groups is 3. The molecule has 0 spiro atoms. The second-order valence-corrected chi connectivity index (χ2v) is 7.23. The molecule has 3 rings (SSSR count). The van der Waals surface area contributed by atoms with Gasteiger partial charge in [0.2, 0.25) is 5.91 Å². The lowest BCUT2D eigenvalue weighted by Crippen LogP contribution is -2.46. The van der Waals surface area contributed by atoms with Crippen LogP contribution in [-0.4, -0.2) is 46.4 Å². The van der Waals surface area contributed by atoms with E-state index in [1.807, 2.05) is 6.07 Å². The molecule has 2 N–H and O–H groups in total. The topological polar surface area (TPSA) is 86.7 Å². The Morgan fingerprint density at radius 3 is 2.58 bits per heavy atom. The largest absolute Gasteiger partial charge is 0.480 e. The van der Waals surface area contributed by atoms with Crippen LogP contribution >= 0.6 is 0 Å². The van der Waals surface area contributed by atoms with Crippen molar-refractivity contribution in [1.82, 2.24) is 10.2 Å². The molecule has 1 aliphatic carbocycles. The summed E-state index contributed by atoms with van der Waals surface area (Å²) >= 11 is 0. The van der Waals surface area contributed by atoms with Crippen molar-refractivity contribution in [2.24, 2.45) is 5.92 Å². The fourth-order valence-corrected chi connectivity index (χ4v) is 4.30. The normalized spacial score (nSPS) is 24.8. The Morgan fingerprint density at radius 2 is 1.85 bits per heavy atom. The zero-order chi connectivity index (χ0) is 18.5. The molecule has 1 aromatic carbocycles. The number of hydrogen-bond acceptors (Lipinski definition) is 3. The molecule has 1 saturated carbocycles. The molecule has 3 atom stereocenters. The Balaban J connectivity index is 1.50. The first kappa shape index (κ1) is 18.4. The lowest BCUT2D eigenvalue weighted by Gasteiger charge is -2.33. The Bertz CT molecular complexity index is 661. The molecular formula is C20H26N2O4. The molecule has 3 unspecified atom stereocenters. The van der Waals surface area contributed by atoms with Crippen LogP contribution in [0.3, 0.4) is 0 Å². The number of rotatable bonds is 6. The summed E-state index contributed by atoms with van der Waals surface area (Å²) in [6, 6.07) is 8.34. The third-order valence-corrected chi connectivity index (χ3v) is 5.55. The molecule has 6 heteroatoms. The minimum atomic E-state index is -0.898. The van der Waals surface area contributed by atoms with E-state index in [9.17, 15) is 19.5 Å². The van der Waals surface area contributed by atoms with Gasteiger partial charge in [-0.25, -0.2) is 4.79 Å². The van der Waals surface area contributed by atoms with Gasteiger partial charge in [-0.1, -0.05) is 31.0 Å². The number of amides is 2. The molecule has 1 aliphatic heterocycles. The first-order valence-corrected chi connectivity index (χ1v) is 9.45. The van der Waals surface area contributed by atoms with Crippen LogP contribution in [0.15, 0.2) is 30.3 Å². The van der Waals surface area contributed by atoms with Crippen LogP contribution in [0.25, 0.3) is 0 Å². The molecule has 2 amide bonds. The van der Waals surface area contributed by atoms with Crippen molar-refractivity contribution >= 4 is 17.8 Å².